The number of hydrogen-bond acceptors (Lipinski definition) is 2. The maximum Gasteiger partial charge on any atom is 0.407 e. The van der Waals surface area contributed by atoms with Gasteiger partial charge in [0.05, 0.1) is 0 Å². The zero-order chi connectivity index (χ0) is 13.1. The molecular weight excluding hydrogens is 275 g/mol. The molecule has 0 radical (unpaired) electrons. The predicted molar refractivity (Wildman–Crippen MR) is 71.3 cm³/mol. The molecular formula is C12H14Cl2N2O2. The molecule has 1 aliphatic heterocycles. The van der Waals surface area contributed by atoms with Crippen molar-refractivity contribution in [3.8, 4) is 0 Å². The van der Waals surface area contributed by atoms with E-state index in [1.165, 1.54) is 4.90 Å². The summed E-state index contributed by atoms with van der Waals surface area (Å²) in [6.45, 7) is 3.11. The molecule has 0 saturated carbocycles. The number of benzene rings is 1. The highest BCUT2D eigenvalue weighted by Crippen LogP contribution is 2.25. The topological polar surface area (TPSA) is 43.8 Å². The van der Waals surface area contributed by atoms with Crippen LogP contribution in [0.2, 0.25) is 10.0 Å². The zero-order valence-corrected chi connectivity index (χ0v) is 11.3. The molecule has 1 aliphatic rings. The van der Waals surface area contributed by atoms with Crippen molar-refractivity contribution < 1.29 is 9.90 Å². The van der Waals surface area contributed by atoms with E-state index in [1.807, 2.05) is 18.2 Å². The minimum Gasteiger partial charge on any atom is -0.465 e. The first-order valence-corrected chi connectivity index (χ1v) is 6.46. The van der Waals surface area contributed by atoms with Crippen molar-refractivity contribution in [1.82, 2.24) is 9.80 Å². The molecule has 98 valence electrons. The number of rotatable bonds is 2. The molecule has 1 aromatic carbocycles. The Morgan fingerprint density at radius 2 is 1.72 bits per heavy atom. The summed E-state index contributed by atoms with van der Waals surface area (Å²) in [5, 5.41) is 10.2. The Hall–Kier alpha value is -0.970. The quantitative estimate of drug-likeness (QED) is 0.910. The number of halogens is 2. The molecule has 0 spiro atoms. The van der Waals surface area contributed by atoms with Crippen molar-refractivity contribution in [3.63, 3.8) is 0 Å². The van der Waals surface area contributed by atoms with E-state index in [4.69, 9.17) is 28.3 Å². The molecule has 2 rings (SSSR count). The Balaban J connectivity index is 1.98. The Bertz CT molecular complexity index is 425. The minimum absolute atomic E-state index is 0.525. The van der Waals surface area contributed by atoms with Gasteiger partial charge in [-0.05, 0) is 12.1 Å². The summed E-state index contributed by atoms with van der Waals surface area (Å²) in [5.41, 5.74) is 0.907. The molecule has 0 atom stereocenters. The average molecular weight is 289 g/mol. The van der Waals surface area contributed by atoms with Gasteiger partial charge in [0.25, 0.3) is 0 Å². The van der Waals surface area contributed by atoms with Crippen LogP contribution in [0, 0.1) is 0 Å². The fourth-order valence-electron chi connectivity index (χ4n) is 2.00. The van der Waals surface area contributed by atoms with Crippen LogP contribution in [0.4, 0.5) is 4.79 Å². The van der Waals surface area contributed by atoms with Gasteiger partial charge in [-0.15, -0.1) is 0 Å². The number of piperazine rings is 1. The lowest BCUT2D eigenvalue weighted by atomic mass is 10.2. The van der Waals surface area contributed by atoms with E-state index in [1.54, 1.807) is 0 Å². The van der Waals surface area contributed by atoms with Crippen molar-refractivity contribution in [2.75, 3.05) is 26.2 Å². The molecule has 0 aromatic heterocycles. The number of hydrogen-bond donors (Lipinski definition) is 1. The third kappa shape index (κ3) is 3.07. The lowest BCUT2D eigenvalue weighted by molar-refractivity contribution is 0.103. The van der Waals surface area contributed by atoms with E-state index >= 15 is 0 Å². The maximum atomic E-state index is 10.8. The van der Waals surface area contributed by atoms with Gasteiger partial charge in [-0.25, -0.2) is 4.79 Å². The smallest absolute Gasteiger partial charge is 0.407 e. The first kappa shape index (κ1) is 13.5. The third-order valence-electron chi connectivity index (χ3n) is 3.09. The van der Waals surface area contributed by atoms with Crippen molar-refractivity contribution in [2.45, 2.75) is 6.54 Å². The van der Waals surface area contributed by atoms with E-state index in [9.17, 15) is 4.79 Å². The van der Waals surface area contributed by atoms with Crippen LogP contribution in [0.25, 0.3) is 0 Å². The van der Waals surface area contributed by atoms with Gasteiger partial charge in [-0.2, -0.15) is 0 Å². The van der Waals surface area contributed by atoms with Crippen LogP contribution in [0.3, 0.4) is 0 Å². The summed E-state index contributed by atoms with van der Waals surface area (Å²) in [7, 11) is 0. The molecule has 1 amide bonds. The molecule has 1 aromatic rings. The highest BCUT2D eigenvalue weighted by Gasteiger charge is 2.21. The molecule has 0 aliphatic carbocycles. The molecule has 4 nitrogen and oxygen atoms in total. The molecule has 1 N–H and O–H groups in total. The number of amides is 1. The molecule has 1 fully saturated rings. The lowest BCUT2D eigenvalue weighted by Crippen LogP contribution is -2.47. The summed E-state index contributed by atoms with van der Waals surface area (Å²) in [4.78, 5) is 14.4. The van der Waals surface area contributed by atoms with E-state index < -0.39 is 6.09 Å². The Kier molecular flexibility index (Phi) is 4.32. The van der Waals surface area contributed by atoms with Gasteiger partial charge in [-0.3, -0.25) is 4.90 Å². The van der Waals surface area contributed by atoms with E-state index in [0.717, 1.165) is 5.56 Å². The summed E-state index contributed by atoms with van der Waals surface area (Å²) >= 11 is 12.2. The van der Waals surface area contributed by atoms with Crippen LogP contribution in [0.1, 0.15) is 5.56 Å². The Labute approximate surface area is 116 Å². The predicted octanol–water partition coefficient (Wildman–Crippen LogP) is 2.79. The summed E-state index contributed by atoms with van der Waals surface area (Å²) in [5.74, 6) is 0. The van der Waals surface area contributed by atoms with Crippen LogP contribution in [0.5, 0.6) is 0 Å². The molecule has 0 unspecified atom stereocenters. The second kappa shape index (κ2) is 5.78. The summed E-state index contributed by atoms with van der Waals surface area (Å²) in [6.07, 6.45) is -0.856. The van der Waals surface area contributed by atoms with Crippen molar-refractivity contribution in [3.05, 3.63) is 33.8 Å². The molecule has 6 heteroatoms. The SMILES string of the molecule is O=C(O)N1CCN(Cc2c(Cl)cccc2Cl)CC1. The van der Waals surface area contributed by atoms with Gasteiger partial charge in [0, 0.05) is 48.3 Å². The van der Waals surface area contributed by atoms with Crippen LogP contribution >= 0.6 is 23.2 Å². The number of nitrogens with zero attached hydrogens (tertiary/aromatic N) is 2. The Morgan fingerprint density at radius 1 is 1.17 bits per heavy atom. The first-order chi connectivity index (χ1) is 8.58. The van der Waals surface area contributed by atoms with Crippen LogP contribution in [-0.4, -0.2) is 47.2 Å². The van der Waals surface area contributed by atoms with Gasteiger partial charge < -0.3 is 10.0 Å². The standard InChI is InChI=1S/C12H14Cl2N2O2/c13-10-2-1-3-11(14)9(10)8-15-4-6-16(7-5-15)12(17)18/h1-3H,4-8H2,(H,17,18). The van der Waals surface area contributed by atoms with Crippen molar-refractivity contribution in [2.24, 2.45) is 0 Å². The summed E-state index contributed by atoms with van der Waals surface area (Å²) in [6, 6.07) is 5.45. The van der Waals surface area contributed by atoms with Gasteiger partial charge in [0.1, 0.15) is 0 Å². The zero-order valence-electron chi connectivity index (χ0n) is 9.77. The fourth-order valence-corrected chi connectivity index (χ4v) is 2.52. The number of carboxylic acid groups (broad SMARTS) is 1. The third-order valence-corrected chi connectivity index (χ3v) is 3.79. The summed E-state index contributed by atoms with van der Waals surface area (Å²) < 4.78 is 0. The largest absolute Gasteiger partial charge is 0.465 e. The fraction of sp³-hybridized carbons (Fsp3) is 0.417. The van der Waals surface area contributed by atoms with Crippen LogP contribution in [0.15, 0.2) is 18.2 Å². The molecule has 1 saturated heterocycles. The van der Waals surface area contributed by atoms with E-state index in [-0.39, 0.29) is 0 Å². The number of carbonyl (C=O) groups is 1. The van der Waals surface area contributed by atoms with Gasteiger partial charge in [0.2, 0.25) is 0 Å². The molecule has 0 bridgehead atoms. The normalized spacial score (nSPS) is 16.9. The van der Waals surface area contributed by atoms with E-state index in [2.05, 4.69) is 4.90 Å². The van der Waals surface area contributed by atoms with Crippen molar-refractivity contribution >= 4 is 29.3 Å². The Morgan fingerprint density at radius 3 is 2.22 bits per heavy atom. The first-order valence-electron chi connectivity index (χ1n) is 5.71. The molecule has 1 heterocycles. The lowest BCUT2D eigenvalue weighted by Gasteiger charge is -2.33. The van der Waals surface area contributed by atoms with Crippen LogP contribution in [-0.2, 0) is 6.54 Å². The highest BCUT2D eigenvalue weighted by atomic mass is 35.5. The van der Waals surface area contributed by atoms with E-state index in [0.29, 0.717) is 42.8 Å². The molecule has 18 heavy (non-hydrogen) atoms. The monoisotopic (exact) mass is 288 g/mol. The van der Waals surface area contributed by atoms with Gasteiger partial charge >= 0.3 is 6.09 Å². The van der Waals surface area contributed by atoms with Crippen LogP contribution < -0.4 is 0 Å². The highest BCUT2D eigenvalue weighted by molar-refractivity contribution is 6.35. The second-order valence-corrected chi connectivity index (χ2v) is 5.06. The minimum atomic E-state index is -0.856. The second-order valence-electron chi connectivity index (χ2n) is 4.25. The van der Waals surface area contributed by atoms with Crippen molar-refractivity contribution in [1.29, 1.82) is 0 Å². The average Bonchev–Trinajstić information content (AvgIpc) is 2.34. The van der Waals surface area contributed by atoms with Gasteiger partial charge in [0.15, 0.2) is 0 Å². The van der Waals surface area contributed by atoms with Gasteiger partial charge in [-0.1, -0.05) is 29.3 Å². The maximum absolute atomic E-state index is 10.8.